The molecule has 1 aliphatic carbocycles. The minimum atomic E-state index is -2.56. The zero-order chi connectivity index (χ0) is 24.2. The third-order valence-electron chi connectivity index (χ3n) is 5.51. The number of carbonyl (C=O) groups excluding carboxylic acids is 1. The molecule has 12 heteroatoms. The highest BCUT2D eigenvalue weighted by Gasteiger charge is 2.33. The summed E-state index contributed by atoms with van der Waals surface area (Å²) >= 11 is 0. The Hall–Kier alpha value is -4.06. The second kappa shape index (κ2) is 9.83. The summed E-state index contributed by atoms with van der Waals surface area (Å²) in [5.41, 5.74) is 1.80. The summed E-state index contributed by atoms with van der Waals surface area (Å²) in [4.78, 5) is 23.7. The number of halogens is 1. The van der Waals surface area contributed by atoms with E-state index >= 15 is 0 Å². The fourth-order valence-electron chi connectivity index (χ4n) is 3.79. The van der Waals surface area contributed by atoms with Gasteiger partial charge in [0.1, 0.15) is 5.82 Å². The number of carboxylic acid groups (broad SMARTS) is 1. The lowest BCUT2D eigenvalue weighted by atomic mass is 9.78. The van der Waals surface area contributed by atoms with Gasteiger partial charge in [-0.15, -0.1) is 5.10 Å². The number of amides is 1. The second-order valence-corrected chi connectivity index (χ2v) is 8.68. The molecule has 1 saturated carbocycles. The maximum absolute atomic E-state index is 13.0. The number of aromatic nitrogens is 2. The zero-order valence-corrected chi connectivity index (χ0v) is 18.4. The van der Waals surface area contributed by atoms with E-state index in [-0.39, 0.29) is 35.5 Å². The van der Waals surface area contributed by atoms with Gasteiger partial charge in [0.05, 0.1) is 10.8 Å². The molecule has 1 aromatic heterocycles. The molecule has 10 nitrogen and oxygen atoms in total. The second-order valence-electron chi connectivity index (χ2n) is 7.69. The fourth-order valence-corrected chi connectivity index (χ4v) is 4.58. The summed E-state index contributed by atoms with van der Waals surface area (Å²) in [6, 6.07) is 12.2. The molecule has 1 fully saturated rings. The Bertz CT molecular complexity index is 1340. The Balaban J connectivity index is 1.39. The third-order valence-corrected chi connectivity index (χ3v) is 6.39. The van der Waals surface area contributed by atoms with E-state index in [1.165, 1.54) is 24.3 Å². The van der Waals surface area contributed by atoms with E-state index in [2.05, 4.69) is 20.8 Å². The van der Waals surface area contributed by atoms with Crippen LogP contribution in [-0.4, -0.2) is 40.5 Å². The van der Waals surface area contributed by atoms with Crippen LogP contribution in [0.3, 0.4) is 0 Å². The molecule has 2 unspecified atom stereocenters. The van der Waals surface area contributed by atoms with Crippen molar-refractivity contribution in [2.24, 2.45) is 5.92 Å². The number of carbonyl (C=O) groups is 2. The van der Waals surface area contributed by atoms with Gasteiger partial charge in [-0.2, -0.15) is 8.42 Å². The number of anilines is 3. The number of nitrogens with zero attached hydrogens (tertiary/aromatic N) is 2. The van der Waals surface area contributed by atoms with Crippen molar-refractivity contribution in [3.05, 3.63) is 65.8 Å². The number of hydrogen-bond donors (Lipinski definition) is 3. The molecule has 34 heavy (non-hydrogen) atoms. The van der Waals surface area contributed by atoms with Crippen LogP contribution in [0.1, 0.15) is 41.4 Å². The normalized spacial score (nSPS) is 17.7. The van der Waals surface area contributed by atoms with Gasteiger partial charge in [-0.05, 0) is 67.1 Å². The molecule has 0 aliphatic heterocycles. The van der Waals surface area contributed by atoms with Gasteiger partial charge in [0, 0.05) is 11.4 Å². The minimum Gasteiger partial charge on any atom is -0.481 e. The molecule has 1 heterocycles. The Morgan fingerprint density at radius 3 is 2.32 bits per heavy atom. The van der Waals surface area contributed by atoms with Crippen LogP contribution in [0.15, 0.2) is 52.9 Å². The van der Waals surface area contributed by atoms with Crippen LogP contribution in [0.2, 0.25) is 0 Å². The lowest BCUT2D eigenvalue weighted by molar-refractivity contribution is -0.139. The van der Waals surface area contributed by atoms with Gasteiger partial charge in [-0.25, -0.2) is 4.39 Å². The summed E-state index contributed by atoms with van der Waals surface area (Å²) in [6.07, 6.45) is 0.924. The Morgan fingerprint density at radius 1 is 1.00 bits per heavy atom. The zero-order valence-electron chi connectivity index (χ0n) is 17.6. The smallest absolute Gasteiger partial charge is 0.320 e. The van der Waals surface area contributed by atoms with Crippen molar-refractivity contribution >= 4 is 44.4 Å². The largest absolute Gasteiger partial charge is 0.481 e. The molecule has 4 rings (SSSR count). The number of hydrogen-bond acceptors (Lipinski definition) is 8. The average Bonchev–Trinajstić information content (AvgIpc) is 3.29. The molecule has 0 radical (unpaired) electrons. The molecule has 0 bridgehead atoms. The van der Waals surface area contributed by atoms with E-state index in [1.54, 1.807) is 24.3 Å². The number of aliphatic carboxylic acids is 1. The Kier molecular flexibility index (Phi) is 6.68. The SMILES string of the molecule is O=C(Nc1ccc(C2CCC(C(=O)O)C(=S(=O)=O)C2)cc1)c1nnc(Nc2ccc(F)cc2)o1. The maximum Gasteiger partial charge on any atom is 0.320 e. The number of benzene rings is 2. The highest BCUT2D eigenvalue weighted by molar-refractivity contribution is 7.73. The van der Waals surface area contributed by atoms with Gasteiger partial charge in [0.2, 0.25) is 10.3 Å². The summed E-state index contributed by atoms with van der Waals surface area (Å²) in [5, 5.41) is 22.1. The van der Waals surface area contributed by atoms with E-state index in [4.69, 9.17) is 4.42 Å². The van der Waals surface area contributed by atoms with E-state index < -0.39 is 33.9 Å². The quantitative estimate of drug-likeness (QED) is 0.446. The first-order valence-corrected chi connectivity index (χ1v) is 11.3. The average molecular weight is 486 g/mol. The van der Waals surface area contributed by atoms with Gasteiger partial charge >= 0.3 is 23.8 Å². The van der Waals surface area contributed by atoms with E-state index in [9.17, 15) is 27.5 Å². The van der Waals surface area contributed by atoms with E-state index in [1.807, 2.05) is 0 Å². The van der Waals surface area contributed by atoms with Gasteiger partial charge in [0.25, 0.3) is 0 Å². The van der Waals surface area contributed by atoms with E-state index in [0.717, 1.165) is 5.56 Å². The van der Waals surface area contributed by atoms with Crippen LogP contribution in [0.5, 0.6) is 0 Å². The van der Waals surface area contributed by atoms with Crippen LogP contribution in [0, 0.1) is 11.7 Å². The lowest BCUT2D eigenvalue weighted by Crippen LogP contribution is -2.30. The van der Waals surface area contributed by atoms with E-state index in [0.29, 0.717) is 17.8 Å². The van der Waals surface area contributed by atoms with Gasteiger partial charge in [-0.3, -0.25) is 9.59 Å². The van der Waals surface area contributed by atoms with Crippen molar-refractivity contribution in [3.63, 3.8) is 0 Å². The lowest BCUT2D eigenvalue weighted by Gasteiger charge is -2.27. The van der Waals surface area contributed by atoms with Crippen molar-refractivity contribution in [2.75, 3.05) is 10.6 Å². The van der Waals surface area contributed by atoms with Crippen molar-refractivity contribution in [2.45, 2.75) is 25.2 Å². The van der Waals surface area contributed by atoms with Crippen molar-refractivity contribution in [1.82, 2.24) is 10.2 Å². The van der Waals surface area contributed by atoms with Crippen LogP contribution in [-0.2, 0) is 15.1 Å². The van der Waals surface area contributed by atoms with Crippen molar-refractivity contribution in [1.29, 1.82) is 0 Å². The highest BCUT2D eigenvalue weighted by atomic mass is 32.2. The molecule has 0 spiro atoms. The topological polar surface area (TPSA) is 151 Å². The first kappa shape index (κ1) is 23.1. The first-order chi connectivity index (χ1) is 16.3. The Labute approximate surface area is 194 Å². The molecular weight excluding hydrogens is 467 g/mol. The molecule has 0 saturated heterocycles. The molecule has 176 valence electrons. The number of nitrogens with one attached hydrogen (secondary N) is 2. The Morgan fingerprint density at radius 2 is 1.68 bits per heavy atom. The van der Waals surface area contributed by atoms with Crippen LogP contribution >= 0.6 is 0 Å². The fraction of sp³-hybridized carbons (Fsp3) is 0.227. The summed E-state index contributed by atoms with van der Waals surface area (Å²) in [6.45, 7) is 0. The monoisotopic (exact) mass is 486 g/mol. The molecular formula is C22H19FN4O6S. The molecule has 1 amide bonds. The van der Waals surface area contributed by atoms with Crippen LogP contribution in [0.4, 0.5) is 21.8 Å². The predicted octanol–water partition coefficient (Wildman–Crippen LogP) is 3.22. The molecule has 1 aliphatic rings. The molecule has 2 aromatic carbocycles. The summed E-state index contributed by atoms with van der Waals surface area (Å²) in [5.74, 6) is -3.55. The number of carboxylic acids is 1. The van der Waals surface area contributed by atoms with Gasteiger partial charge < -0.3 is 20.2 Å². The molecule has 3 aromatic rings. The third kappa shape index (κ3) is 5.29. The van der Waals surface area contributed by atoms with Gasteiger partial charge in [-0.1, -0.05) is 17.2 Å². The molecule has 2 atom stereocenters. The first-order valence-electron chi connectivity index (χ1n) is 10.3. The minimum absolute atomic E-state index is 0.00238. The van der Waals surface area contributed by atoms with Crippen molar-refractivity contribution < 1.29 is 31.9 Å². The maximum atomic E-state index is 13.0. The van der Waals surface area contributed by atoms with Crippen LogP contribution < -0.4 is 10.6 Å². The highest BCUT2D eigenvalue weighted by Crippen LogP contribution is 2.34. The number of rotatable bonds is 6. The predicted molar refractivity (Wildman–Crippen MR) is 120 cm³/mol. The summed E-state index contributed by atoms with van der Waals surface area (Å²) in [7, 11) is -2.56. The standard InChI is InChI=1S/C22H19FN4O6S/c23-14-4-8-16(9-5-14)25-22-27-26-20(33-22)19(28)24-15-6-1-12(2-7-15)13-3-10-17(21(29)30)18(11-13)34(31)32/h1-2,4-9,13,17H,3,10-11H2,(H,24,28)(H,25,27)(H,29,30). The van der Waals surface area contributed by atoms with Crippen LogP contribution in [0.25, 0.3) is 0 Å². The van der Waals surface area contributed by atoms with Crippen molar-refractivity contribution in [3.8, 4) is 0 Å². The molecule has 3 N–H and O–H groups in total. The van der Waals surface area contributed by atoms with Gasteiger partial charge in [0.15, 0.2) is 0 Å². The summed E-state index contributed by atoms with van der Waals surface area (Å²) < 4.78 is 41.2.